The molecule has 0 aromatic carbocycles. The van der Waals surface area contributed by atoms with Gasteiger partial charge in [-0.25, -0.2) is 13.8 Å². The fraction of sp³-hybridized carbons (Fsp3) is 0.143. The number of nitrogens with zero attached hydrogens (tertiary/aromatic N) is 1. The summed E-state index contributed by atoms with van der Waals surface area (Å²) in [6, 6.07) is 1.00. The molecule has 2 N–H and O–H groups in total. The number of pyridine rings is 1. The summed E-state index contributed by atoms with van der Waals surface area (Å²) in [5.41, 5.74) is 4.43. The van der Waals surface area contributed by atoms with Crippen LogP contribution in [0.3, 0.4) is 0 Å². The molecule has 1 rings (SSSR count). The standard InChI is InChI=1S/C7H4ClF2IN2O/c8-3-1-2(5(9)10)6(11)13-4(3)7(12)14/h1,5H,(H2,12,14). The van der Waals surface area contributed by atoms with Gasteiger partial charge in [0.15, 0.2) is 0 Å². The number of nitrogens with two attached hydrogens (primary N) is 1. The van der Waals surface area contributed by atoms with E-state index in [1.54, 1.807) is 22.6 Å². The Kier molecular flexibility index (Phi) is 3.59. The lowest BCUT2D eigenvalue weighted by Gasteiger charge is -2.05. The molecule has 1 amide bonds. The second kappa shape index (κ2) is 4.35. The normalized spacial score (nSPS) is 10.6. The van der Waals surface area contributed by atoms with Crippen LogP contribution in [0, 0.1) is 3.70 Å². The Balaban J connectivity index is 3.31. The molecule has 0 unspecified atom stereocenters. The minimum atomic E-state index is -2.67. The van der Waals surface area contributed by atoms with E-state index >= 15 is 0 Å². The summed E-state index contributed by atoms with van der Waals surface area (Å²) >= 11 is 7.13. The Morgan fingerprint density at radius 3 is 2.64 bits per heavy atom. The molecule has 7 heteroatoms. The van der Waals surface area contributed by atoms with Gasteiger partial charge in [-0.3, -0.25) is 4.79 Å². The molecule has 1 aromatic heterocycles. The van der Waals surface area contributed by atoms with Gasteiger partial charge in [0.1, 0.15) is 9.39 Å². The average molecular weight is 332 g/mol. The van der Waals surface area contributed by atoms with Gasteiger partial charge < -0.3 is 5.73 Å². The maximum absolute atomic E-state index is 12.3. The topological polar surface area (TPSA) is 56.0 Å². The molecule has 76 valence electrons. The first-order valence-corrected chi connectivity index (χ1v) is 4.83. The van der Waals surface area contributed by atoms with Gasteiger partial charge in [-0.2, -0.15) is 0 Å². The van der Waals surface area contributed by atoms with Crippen LogP contribution >= 0.6 is 34.2 Å². The zero-order valence-electron chi connectivity index (χ0n) is 6.60. The van der Waals surface area contributed by atoms with Gasteiger partial charge in [0.25, 0.3) is 12.3 Å². The van der Waals surface area contributed by atoms with E-state index in [2.05, 4.69) is 4.98 Å². The van der Waals surface area contributed by atoms with Crippen molar-refractivity contribution >= 4 is 40.1 Å². The zero-order valence-corrected chi connectivity index (χ0v) is 9.51. The number of hydrogen-bond donors (Lipinski definition) is 1. The molecule has 0 radical (unpaired) electrons. The largest absolute Gasteiger partial charge is 0.364 e. The van der Waals surface area contributed by atoms with E-state index in [0.717, 1.165) is 6.07 Å². The zero-order chi connectivity index (χ0) is 10.9. The number of rotatable bonds is 2. The quantitative estimate of drug-likeness (QED) is 0.668. The molecule has 0 saturated carbocycles. The summed E-state index contributed by atoms with van der Waals surface area (Å²) in [5.74, 6) is -0.839. The molecule has 0 aliphatic heterocycles. The molecule has 14 heavy (non-hydrogen) atoms. The van der Waals surface area contributed by atoms with E-state index in [0.29, 0.717) is 0 Å². The monoisotopic (exact) mass is 332 g/mol. The third-order valence-corrected chi connectivity index (χ3v) is 2.58. The molecular weight excluding hydrogens is 328 g/mol. The van der Waals surface area contributed by atoms with Crippen molar-refractivity contribution in [3.8, 4) is 0 Å². The van der Waals surface area contributed by atoms with Crippen molar-refractivity contribution in [3.63, 3.8) is 0 Å². The first-order chi connectivity index (χ1) is 6.43. The molecular formula is C7H4ClF2IN2O. The van der Waals surface area contributed by atoms with Crippen molar-refractivity contribution in [2.75, 3.05) is 0 Å². The summed E-state index contributed by atoms with van der Waals surface area (Å²) in [6.45, 7) is 0. The number of amides is 1. The third kappa shape index (κ3) is 2.30. The first kappa shape index (κ1) is 11.6. The predicted molar refractivity (Wildman–Crippen MR) is 55.4 cm³/mol. The summed E-state index contributed by atoms with van der Waals surface area (Å²) in [7, 11) is 0. The van der Waals surface area contributed by atoms with Crippen molar-refractivity contribution in [2.24, 2.45) is 5.73 Å². The summed E-state index contributed by atoms with van der Waals surface area (Å²) < 4.78 is 24.7. The second-order valence-electron chi connectivity index (χ2n) is 2.36. The van der Waals surface area contributed by atoms with E-state index < -0.39 is 12.3 Å². The number of carbonyl (C=O) groups is 1. The highest BCUT2D eigenvalue weighted by Crippen LogP contribution is 2.27. The fourth-order valence-electron chi connectivity index (χ4n) is 0.806. The molecule has 0 aliphatic rings. The van der Waals surface area contributed by atoms with Crippen LogP contribution in [0.5, 0.6) is 0 Å². The Morgan fingerprint density at radius 1 is 1.64 bits per heavy atom. The van der Waals surface area contributed by atoms with E-state index in [9.17, 15) is 13.6 Å². The van der Waals surface area contributed by atoms with Crippen molar-refractivity contribution in [1.82, 2.24) is 4.98 Å². The van der Waals surface area contributed by atoms with Gasteiger partial charge in [0.05, 0.1) is 10.6 Å². The van der Waals surface area contributed by atoms with Crippen molar-refractivity contribution in [3.05, 3.63) is 26.0 Å². The minimum Gasteiger partial charge on any atom is -0.364 e. The van der Waals surface area contributed by atoms with Crippen molar-refractivity contribution in [2.45, 2.75) is 6.43 Å². The van der Waals surface area contributed by atoms with Crippen LogP contribution in [0.2, 0.25) is 5.02 Å². The van der Waals surface area contributed by atoms with Crippen LogP contribution in [0.4, 0.5) is 8.78 Å². The SMILES string of the molecule is NC(=O)c1nc(I)c(C(F)F)cc1Cl. The number of alkyl halides is 2. The Hall–Kier alpha value is -0.500. The maximum atomic E-state index is 12.3. The molecule has 0 atom stereocenters. The summed E-state index contributed by atoms with van der Waals surface area (Å²) in [4.78, 5) is 14.3. The number of halogens is 4. The molecule has 1 aromatic rings. The van der Waals surface area contributed by atoms with Crippen LogP contribution < -0.4 is 5.73 Å². The predicted octanol–water partition coefficient (Wildman–Crippen LogP) is 2.38. The van der Waals surface area contributed by atoms with Gasteiger partial charge in [0.2, 0.25) is 0 Å². The van der Waals surface area contributed by atoms with Crippen LogP contribution in [0.1, 0.15) is 22.5 Å². The molecule has 3 nitrogen and oxygen atoms in total. The molecule has 1 heterocycles. The minimum absolute atomic E-state index is 0.0239. The highest BCUT2D eigenvalue weighted by Gasteiger charge is 2.18. The van der Waals surface area contributed by atoms with Gasteiger partial charge in [-0.05, 0) is 28.7 Å². The molecule has 0 spiro atoms. The second-order valence-corrected chi connectivity index (χ2v) is 3.79. The molecule has 0 fully saturated rings. The first-order valence-electron chi connectivity index (χ1n) is 3.37. The highest BCUT2D eigenvalue weighted by molar-refractivity contribution is 14.1. The van der Waals surface area contributed by atoms with E-state index in [-0.39, 0.29) is 20.0 Å². The average Bonchev–Trinajstić information content (AvgIpc) is 2.07. The molecule has 0 bridgehead atoms. The lowest BCUT2D eigenvalue weighted by atomic mass is 10.2. The smallest absolute Gasteiger partial charge is 0.268 e. The third-order valence-electron chi connectivity index (χ3n) is 1.43. The van der Waals surface area contributed by atoms with Crippen LogP contribution in [0.25, 0.3) is 0 Å². The fourth-order valence-corrected chi connectivity index (χ4v) is 1.69. The maximum Gasteiger partial charge on any atom is 0.268 e. The molecule has 0 aliphatic carbocycles. The number of primary amides is 1. The van der Waals surface area contributed by atoms with Gasteiger partial charge in [-0.15, -0.1) is 0 Å². The van der Waals surface area contributed by atoms with E-state index in [1.165, 1.54) is 0 Å². The van der Waals surface area contributed by atoms with Crippen molar-refractivity contribution in [1.29, 1.82) is 0 Å². The summed E-state index contributed by atoms with van der Waals surface area (Å²) in [6.07, 6.45) is -2.67. The van der Waals surface area contributed by atoms with Crippen LogP contribution in [-0.4, -0.2) is 10.9 Å². The molecule has 0 saturated heterocycles. The van der Waals surface area contributed by atoms with Gasteiger partial charge in [-0.1, -0.05) is 11.6 Å². The van der Waals surface area contributed by atoms with Crippen LogP contribution in [0.15, 0.2) is 6.07 Å². The highest BCUT2D eigenvalue weighted by atomic mass is 127. The number of carbonyl (C=O) groups excluding carboxylic acids is 1. The number of hydrogen-bond acceptors (Lipinski definition) is 2. The van der Waals surface area contributed by atoms with Gasteiger partial charge >= 0.3 is 0 Å². The van der Waals surface area contributed by atoms with Gasteiger partial charge in [0, 0.05) is 0 Å². The lowest BCUT2D eigenvalue weighted by molar-refractivity contribution is 0.0994. The van der Waals surface area contributed by atoms with Crippen molar-refractivity contribution < 1.29 is 13.6 Å². The number of aromatic nitrogens is 1. The summed E-state index contributed by atoms with van der Waals surface area (Å²) in [5, 5.41) is -0.159. The lowest BCUT2D eigenvalue weighted by Crippen LogP contribution is -2.15. The Morgan fingerprint density at radius 2 is 2.21 bits per heavy atom. The Labute approximate surface area is 96.8 Å². The Bertz CT molecular complexity index is 386. The van der Waals surface area contributed by atoms with E-state index in [1.807, 2.05) is 0 Å². The van der Waals surface area contributed by atoms with E-state index in [4.69, 9.17) is 17.3 Å². The van der Waals surface area contributed by atoms with Crippen LogP contribution in [-0.2, 0) is 0 Å².